The smallest absolute Gasteiger partial charge is 0.387 e. The van der Waals surface area contributed by atoms with Crippen molar-refractivity contribution in [3.05, 3.63) is 51.7 Å². The van der Waals surface area contributed by atoms with Gasteiger partial charge < -0.3 is 14.4 Å². The fourth-order valence-electron chi connectivity index (χ4n) is 3.16. The number of carbonyl (C=O) groups is 1. The molecule has 1 aliphatic heterocycles. The molecule has 144 valence electrons. The monoisotopic (exact) mass is 393 g/mol. The van der Waals surface area contributed by atoms with E-state index in [1.807, 2.05) is 11.8 Å². The Morgan fingerprint density at radius 1 is 1.37 bits per heavy atom. The van der Waals surface area contributed by atoms with E-state index in [0.717, 1.165) is 6.42 Å². The maximum atomic E-state index is 12.6. The minimum absolute atomic E-state index is 0.0232. The van der Waals surface area contributed by atoms with Gasteiger partial charge in [-0.3, -0.25) is 4.79 Å². The molecule has 4 nitrogen and oxygen atoms in total. The van der Waals surface area contributed by atoms with Gasteiger partial charge in [-0.25, -0.2) is 0 Å². The Balaban J connectivity index is 1.73. The minimum atomic E-state index is -2.92. The highest BCUT2D eigenvalue weighted by atomic mass is 32.1. The molecule has 2 heterocycles. The van der Waals surface area contributed by atoms with E-state index in [0.29, 0.717) is 18.7 Å². The summed E-state index contributed by atoms with van der Waals surface area (Å²) in [4.78, 5) is 15.8. The van der Waals surface area contributed by atoms with Crippen molar-refractivity contribution in [2.75, 3.05) is 13.2 Å². The van der Waals surface area contributed by atoms with Crippen molar-refractivity contribution in [3.63, 3.8) is 0 Å². The average Bonchev–Trinajstić information content (AvgIpc) is 3.11. The van der Waals surface area contributed by atoms with E-state index in [9.17, 15) is 13.6 Å². The van der Waals surface area contributed by atoms with Crippen LogP contribution < -0.4 is 9.47 Å². The van der Waals surface area contributed by atoms with Crippen molar-refractivity contribution in [1.29, 1.82) is 0 Å². The zero-order chi connectivity index (χ0) is 19.4. The number of hydrogen-bond donors (Lipinski definition) is 0. The molecule has 0 saturated carbocycles. The molecule has 1 amide bonds. The molecule has 0 radical (unpaired) electrons. The van der Waals surface area contributed by atoms with Crippen LogP contribution in [0.1, 0.15) is 35.9 Å². The van der Waals surface area contributed by atoms with Crippen LogP contribution in [-0.4, -0.2) is 30.6 Å². The summed E-state index contributed by atoms with van der Waals surface area (Å²) < 4.78 is 34.8. The third kappa shape index (κ3) is 4.47. The number of nitrogens with zero attached hydrogens (tertiary/aromatic N) is 1. The first-order valence-corrected chi connectivity index (χ1v) is 9.64. The molecule has 1 aliphatic rings. The molecule has 1 aromatic carbocycles. The molecule has 1 unspecified atom stereocenters. The van der Waals surface area contributed by atoms with Crippen LogP contribution in [0.5, 0.6) is 11.5 Å². The van der Waals surface area contributed by atoms with E-state index in [1.54, 1.807) is 36.5 Å². The summed E-state index contributed by atoms with van der Waals surface area (Å²) in [7, 11) is 0. The van der Waals surface area contributed by atoms with E-state index in [-0.39, 0.29) is 23.4 Å². The second kappa shape index (κ2) is 8.52. The van der Waals surface area contributed by atoms with Gasteiger partial charge >= 0.3 is 6.61 Å². The lowest BCUT2D eigenvalue weighted by Crippen LogP contribution is -2.37. The summed E-state index contributed by atoms with van der Waals surface area (Å²) >= 11 is 1.73. The van der Waals surface area contributed by atoms with Gasteiger partial charge in [0.15, 0.2) is 11.5 Å². The molecule has 0 fully saturated rings. The number of fused-ring (bicyclic) bond motifs is 1. The number of ether oxygens (including phenoxy) is 2. The normalized spacial score (nSPS) is 16.6. The van der Waals surface area contributed by atoms with Gasteiger partial charge in [-0.2, -0.15) is 8.78 Å². The quantitative estimate of drug-likeness (QED) is 0.655. The highest BCUT2D eigenvalue weighted by Gasteiger charge is 2.27. The van der Waals surface area contributed by atoms with Crippen molar-refractivity contribution in [1.82, 2.24) is 4.90 Å². The molecule has 1 aromatic heterocycles. The SMILES string of the molecule is CCOc1cc(C=CC(=O)N2CCc3sccc3C2C)ccc1OC(F)F. The van der Waals surface area contributed by atoms with Gasteiger partial charge in [0.05, 0.1) is 12.6 Å². The molecule has 3 rings (SSSR count). The van der Waals surface area contributed by atoms with Crippen LogP contribution in [-0.2, 0) is 11.2 Å². The van der Waals surface area contributed by atoms with E-state index in [1.165, 1.54) is 22.6 Å². The van der Waals surface area contributed by atoms with Gasteiger partial charge in [0.1, 0.15) is 0 Å². The van der Waals surface area contributed by atoms with Crippen molar-refractivity contribution in [2.24, 2.45) is 0 Å². The van der Waals surface area contributed by atoms with Gasteiger partial charge in [0.2, 0.25) is 5.91 Å². The average molecular weight is 393 g/mol. The first-order valence-electron chi connectivity index (χ1n) is 8.76. The molecule has 27 heavy (non-hydrogen) atoms. The number of carbonyl (C=O) groups excluding carboxylic acids is 1. The summed E-state index contributed by atoms with van der Waals surface area (Å²) in [5, 5.41) is 2.06. The maximum absolute atomic E-state index is 12.6. The summed E-state index contributed by atoms with van der Waals surface area (Å²) in [6, 6.07) is 6.73. The topological polar surface area (TPSA) is 38.8 Å². The van der Waals surface area contributed by atoms with Crippen LogP contribution in [0.15, 0.2) is 35.7 Å². The lowest BCUT2D eigenvalue weighted by Gasteiger charge is -2.32. The lowest BCUT2D eigenvalue weighted by molar-refractivity contribution is -0.128. The second-order valence-electron chi connectivity index (χ2n) is 6.11. The minimum Gasteiger partial charge on any atom is -0.490 e. The Labute approximate surface area is 161 Å². The lowest BCUT2D eigenvalue weighted by atomic mass is 10.0. The maximum Gasteiger partial charge on any atom is 0.387 e. The van der Waals surface area contributed by atoms with Gasteiger partial charge in [0, 0.05) is 17.5 Å². The molecular weight excluding hydrogens is 372 g/mol. The number of hydrogen-bond acceptors (Lipinski definition) is 4. The predicted octanol–water partition coefficient (Wildman–Crippen LogP) is 4.91. The number of amides is 1. The van der Waals surface area contributed by atoms with Gasteiger partial charge in [-0.05, 0) is 61.1 Å². The van der Waals surface area contributed by atoms with Crippen LogP contribution in [0.4, 0.5) is 8.78 Å². The van der Waals surface area contributed by atoms with E-state index >= 15 is 0 Å². The first-order chi connectivity index (χ1) is 13.0. The molecule has 1 atom stereocenters. The molecule has 2 aromatic rings. The summed E-state index contributed by atoms with van der Waals surface area (Å²) in [6.07, 6.45) is 4.03. The number of alkyl halides is 2. The molecule has 0 aliphatic carbocycles. The molecule has 0 bridgehead atoms. The number of benzene rings is 1. The molecule has 0 saturated heterocycles. The highest BCUT2D eigenvalue weighted by Crippen LogP contribution is 2.33. The van der Waals surface area contributed by atoms with Gasteiger partial charge in [0.25, 0.3) is 0 Å². The zero-order valence-electron chi connectivity index (χ0n) is 15.2. The van der Waals surface area contributed by atoms with Crippen LogP contribution >= 0.6 is 11.3 Å². The van der Waals surface area contributed by atoms with E-state index < -0.39 is 6.61 Å². The Hall–Kier alpha value is -2.41. The van der Waals surface area contributed by atoms with Crippen LogP contribution in [0, 0.1) is 0 Å². The van der Waals surface area contributed by atoms with Crippen molar-refractivity contribution < 1.29 is 23.0 Å². The first kappa shape index (κ1) is 19.4. The summed E-state index contributed by atoms with van der Waals surface area (Å²) in [5.74, 6) is 0.122. The number of rotatable bonds is 6. The fraction of sp³-hybridized carbons (Fsp3) is 0.350. The molecule has 0 spiro atoms. The zero-order valence-corrected chi connectivity index (χ0v) is 16.0. The van der Waals surface area contributed by atoms with Crippen molar-refractivity contribution >= 4 is 23.3 Å². The van der Waals surface area contributed by atoms with Gasteiger partial charge in [-0.1, -0.05) is 6.07 Å². The Morgan fingerprint density at radius 2 is 2.19 bits per heavy atom. The predicted molar refractivity (Wildman–Crippen MR) is 101 cm³/mol. The largest absolute Gasteiger partial charge is 0.490 e. The van der Waals surface area contributed by atoms with E-state index in [4.69, 9.17) is 4.74 Å². The second-order valence-corrected chi connectivity index (χ2v) is 7.11. The third-order valence-electron chi connectivity index (χ3n) is 4.46. The van der Waals surface area contributed by atoms with Crippen LogP contribution in [0.25, 0.3) is 6.08 Å². The van der Waals surface area contributed by atoms with Gasteiger partial charge in [-0.15, -0.1) is 11.3 Å². The highest BCUT2D eigenvalue weighted by molar-refractivity contribution is 7.10. The third-order valence-corrected chi connectivity index (χ3v) is 5.46. The van der Waals surface area contributed by atoms with Crippen LogP contribution in [0.3, 0.4) is 0 Å². The molecule has 7 heteroatoms. The Bertz CT molecular complexity index is 834. The Morgan fingerprint density at radius 3 is 2.93 bits per heavy atom. The Kier molecular flexibility index (Phi) is 6.11. The van der Waals surface area contributed by atoms with Crippen LogP contribution in [0.2, 0.25) is 0 Å². The van der Waals surface area contributed by atoms with Crippen molar-refractivity contribution in [2.45, 2.75) is 32.9 Å². The molecular formula is C20H21F2NO3S. The van der Waals surface area contributed by atoms with Crippen molar-refractivity contribution in [3.8, 4) is 11.5 Å². The molecule has 0 N–H and O–H groups in total. The van der Waals surface area contributed by atoms with E-state index in [2.05, 4.69) is 16.2 Å². The summed E-state index contributed by atoms with van der Waals surface area (Å²) in [6.45, 7) is 1.87. The number of thiophene rings is 1. The summed E-state index contributed by atoms with van der Waals surface area (Å²) in [5.41, 5.74) is 1.88. The standard InChI is InChI=1S/C20H21F2NO3S/c1-3-25-17-12-14(4-6-16(17)26-20(21)22)5-7-19(24)23-10-8-18-15(13(23)2)9-11-27-18/h4-7,9,11-13,20H,3,8,10H2,1-2H3. The fourth-order valence-corrected chi connectivity index (χ4v) is 4.13. The number of halogens is 2.